The average Bonchev–Trinajstić information content (AvgIpc) is 3.29. The number of ether oxygens (including phenoxy) is 3. The Morgan fingerprint density at radius 3 is 2.64 bits per heavy atom. The molecule has 0 amide bonds. The molecule has 7 heteroatoms. The summed E-state index contributed by atoms with van der Waals surface area (Å²) in [6.07, 6.45) is 3.58. The van der Waals surface area contributed by atoms with E-state index in [1.807, 2.05) is 36.0 Å². The van der Waals surface area contributed by atoms with Crippen molar-refractivity contribution in [3.63, 3.8) is 0 Å². The van der Waals surface area contributed by atoms with E-state index in [1.54, 1.807) is 19.3 Å². The summed E-state index contributed by atoms with van der Waals surface area (Å²) in [5, 5.41) is 0.913. The van der Waals surface area contributed by atoms with Crippen molar-refractivity contribution < 1.29 is 28.2 Å². The predicted octanol–water partition coefficient (Wildman–Crippen LogP) is 5.16. The van der Waals surface area contributed by atoms with Gasteiger partial charge in [-0.25, -0.2) is 9.18 Å². The molecule has 0 spiro atoms. The molecule has 1 aliphatic rings. The van der Waals surface area contributed by atoms with E-state index >= 15 is 0 Å². The maximum Gasteiger partial charge on any atom is 0.346 e. The van der Waals surface area contributed by atoms with E-state index in [1.165, 1.54) is 36.4 Å². The third-order valence-corrected chi connectivity index (χ3v) is 5.46. The highest BCUT2D eigenvalue weighted by Gasteiger charge is 2.28. The number of halogens is 1. The predicted molar refractivity (Wildman–Crippen MR) is 120 cm³/mol. The quantitative estimate of drug-likeness (QED) is 0.248. The molecule has 3 aromatic carbocycles. The number of methoxy groups -OCH3 is 1. The lowest BCUT2D eigenvalue weighted by Crippen LogP contribution is -2.10. The minimum Gasteiger partial charge on any atom is -0.497 e. The maximum atomic E-state index is 13.8. The molecule has 5 rings (SSSR count). The first-order valence-corrected chi connectivity index (χ1v) is 10.1. The van der Waals surface area contributed by atoms with Crippen molar-refractivity contribution in [3.8, 4) is 17.2 Å². The summed E-state index contributed by atoms with van der Waals surface area (Å²) in [5.74, 6) is -0.523. The molecule has 0 fully saturated rings. The molecule has 0 N–H and O–H groups in total. The zero-order chi connectivity index (χ0) is 23.1. The highest BCUT2D eigenvalue weighted by Crippen LogP contribution is 2.36. The van der Waals surface area contributed by atoms with E-state index in [2.05, 4.69) is 0 Å². The SMILES string of the molecule is COc1ccc2c(c1)c(C=C1Oc3cc(OC(=O)c4ccccc4F)ccc3C1=O)cn2C. The van der Waals surface area contributed by atoms with Crippen LogP contribution in [0.15, 0.2) is 72.6 Å². The summed E-state index contributed by atoms with van der Waals surface area (Å²) in [4.78, 5) is 25.2. The molecule has 4 aromatic rings. The van der Waals surface area contributed by atoms with Crippen LogP contribution < -0.4 is 14.2 Å². The molecule has 33 heavy (non-hydrogen) atoms. The third-order valence-electron chi connectivity index (χ3n) is 5.46. The number of fused-ring (bicyclic) bond motifs is 2. The standard InChI is InChI=1S/C26H18FNO5/c1-28-14-15(20-12-16(31-2)8-10-22(20)28)11-24-25(29)19-9-7-17(13-23(19)33-24)32-26(30)18-5-3-4-6-21(18)27/h3-14H,1-2H3. The number of benzene rings is 3. The molecule has 0 saturated heterocycles. The number of carbonyl (C=O) groups excluding carboxylic acids is 2. The Morgan fingerprint density at radius 1 is 1.06 bits per heavy atom. The molecule has 1 aromatic heterocycles. The van der Waals surface area contributed by atoms with Crippen LogP contribution in [0.4, 0.5) is 4.39 Å². The van der Waals surface area contributed by atoms with Crippen LogP contribution in [-0.2, 0) is 7.05 Å². The van der Waals surface area contributed by atoms with Crippen LogP contribution in [0.5, 0.6) is 17.2 Å². The maximum absolute atomic E-state index is 13.8. The second kappa shape index (κ2) is 7.94. The van der Waals surface area contributed by atoms with Crippen LogP contribution in [0, 0.1) is 5.82 Å². The van der Waals surface area contributed by atoms with Crippen LogP contribution in [0.25, 0.3) is 17.0 Å². The fourth-order valence-electron chi connectivity index (χ4n) is 3.80. The molecule has 0 aliphatic carbocycles. The smallest absolute Gasteiger partial charge is 0.346 e. The van der Waals surface area contributed by atoms with Gasteiger partial charge < -0.3 is 18.8 Å². The Morgan fingerprint density at radius 2 is 1.85 bits per heavy atom. The molecular formula is C26H18FNO5. The summed E-state index contributed by atoms with van der Waals surface area (Å²) >= 11 is 0. The molecule has 0 unspecified atom stereocenters. The van der Waals surface area contributed by atoms with Gasteiger partial charge in [0.2, 0.25) is 5.78 Å². The molecule has 2 heterocycles. The van der Waals surface area contributed by atoms with E-state index in [-0.39, 0.29) is 28.6 Å². The lowest BCUT2D eigenvalue weighted by atomic mass is 10.1. The van der Waals surface area contributed by atoms with E-state index < -0.39 is 11.8 Å². The number of hydrogen-bond donors (Lipinski definition) is 0. The number of rotatable bonds is 4. The van der Waals surface area contributed by atoms with Gasteiger partial charge in [-0.3, -0.25) is 4.79 Å². The number of esters is 1. The van der Waals surface area contributed by atoms with Gasteiger partial charge in [0.15, 0.2) is 5.76 Å². The zero-order valence-corrected chi connectivity index (χ0v) is 17.8. The van der Waals surface area contributed by atoms with Crippen molar-refractivity contribution in [2.24, 2.45) is 7.05 Å². The number of Topliss-reactive ketones (excluding diaryl/α,β-unsaturated/α-hetero) is 1. The lowest BCUT2D eigenvalue weighted by Gasteiger charge is -2.06. The second-order valence-electron chi connectivity index (χ2n) is 7.55. The fourth-order valence-corrected chi connectivity index (χ4v) is 3.80. The van der Waals surface area contributed by atoms with Crippen molar-refractivity contribution >= 4 is 28.7 Å². The van der Waals surface area contributed by atoms with Gasteiger partial charge >= 0.3 is 5.97 Å². The summed E-state index contributed by atoms with van der Waals surface area (Å²) in [6, 6.07) is 15.7. The van der Waals surface area contributed by atoms with Crippen molar-refractivity contribution in [2.45, 2.75) is 0 Å². The summed E-state index contributed by atoms with van der Waals surface area (Å²) < 4.78 is 32.2. The van der Waals surface area contributed by atoms with Crippen LogP contribution in [-0.4, -0.2) is 23.4 Å². The number of carbonyl (C=O) groups is 2. The van der Waals surface area contributed by atoms with Crippen LogP contribution in [0.2, 0.25) is 0 Å². The number of nitrogens with zero attached hydrogens (tertiary/aromatic N) is 1. The average molecular weight is 443 g/mol. The largest absolute Gasteiger partial charge is 0.497 e. The summed E-state index contributed by atoms with van der Waals surface area (Å²) in [7, 11) is 3.51. The third kappa shape index (κ3) is 3.63. The Kier molecular flexibility index (Phi) is 4.94. The van der Waals surface area contributed by atoms with Gasteiger partial charge in [-0.15, -0.1) is 0 Å². The minimum absolute atomic E-state index is 0.144. The highest BCUT2D eigenvalue weighted by molar-refractivity contribution is 6.15. The molecule has 0 bridgehead atoms. The Bertz CT molecular complexity index is 1470. The molecule has 6 nitrogen and oxygen atoms in total. The van der Waals surface area contributed by atoms with Gasteiger partial charge in [-0.2, -0.15) is 0 Å². The van der Waals surface area contributed by atoms with Crippen LogP contribution >= 0.6 is 0 Å². The molecule has 0 radical (unpaired) electrons. The number of aryl methyl sites for hydroxylation is 1. The Labute approximate surface area is 188 Å². The Balaban J connectivity index is 1.44. The monoisotopic (exact) mass is 443 g/mol. The number of aromatic nitrogens is 1. The van der Waals surface area contributed by atoms with Gasteiger partial charge in [0.25, 0.3) is 0 Å². The first-order valence-electron chi connectivity index (χ1n) is 10.1. The van der Waals surface area contributed by atoms with Crippen molar-refractivity contribution in [2.75, 3.05) is 7.11 Å². The van der Waals surface area contributed by atoms with Gasteiger partial charge in [0.05, 0.1) is 18.2 Å². The Hall–Kier alpha value is -4.39. The van der Waals surface area contributed by atoms with Gasteiger partial charge in [-0.1, -0.05) is 12.1 Å². The summed E-state index contributed by atoms with van der Waals surface area (Å²) in [6.45, 7) is 0. The minimum atomic E-state index is -0.835. The van der Waals surface area contributed by atoms with Crippen molar-refractivity contribution in [1.82, 2.24) is 4.57 Å². The fraction of sp³-hybridized carbons (Fsp3) is 0.0769. The van der Waals surface area contributed by atoms with Gasteiger partial charge in [0, 0.05) is 35.8 Å². The summed E-state index contributed by atoms with van der Waals surface area (Å²) in [5.41, 5.74) is 1.95. The first-order chi connectivity index (χ1) is 15.9. The highest BCUT2D eigenvalue weighted by atomic mass is 19.1. The van der Waals surface area contributed by atoms with Crippen LogP contribution in [0.3, 0.4) is 0 Å². The first kappa shape index (κ1) is 20.5. The molecule has 0 saturated carbocycles. The number of allylic oxidation sites excluding steroid dienone is 1. The topological polar surface area (TPSA) is 66.8 Å². The molecule has 0 atom stereocenters. The van der Waals surface area contributed by atoms with Crippen LogP contribution in [0.1, 0.15) is 26.3 Å². The van der Waals surface area contributed by atoms with E-state index in [0.29, 0.717) is 11.3 Å². The van der Waals surface area contributed by atoms with Gasteiger partial charge in [-0.05, 0) is 48.5 Å². The van der Waals surface area contributed by atoms with E-state index in [9.17, 15) is 14.0 Å². The number of ketones is 1. The second-order valence-corrected chi connectivity index (χ2v) is 7.55. The normalized spacial score (nSPS) is 13.8. The molecule has 164 valence electrons. The van der Waals surface area contributed by atoms with Crippen molar-refractivity contribution in [3.05, 3.63) is 95.1 Å². The molecule has 1 aliphatic heterocycles. The zero-order valence-electron chi connectivity index (χ0n) is 17.8. The van der Waals surface area contributed by atoms with Gasteiger partial charge in [0.1, 0.15) is 23.1 Å². The van der Waals surface area contributed by atoms with E-state index in [0.717, 1.165) is 16.5 Å². The molecular weight excluding hydrogens is 425 g/mol. The van der Waals surface area contributed by atoms with E-state index in [4.69, 9.17) is 14.2 Å². The van der Waals surface area contributed by atoms with Crippen molar-refractivity contribution in [1.29, 1.82) is 0 Å². The lowest BCUT2D eigenvalue weighted by molar-refractivity contribution is 0.0729. The number of hydrogen-bond acceptors (Lipinski definition) is 5.